The van der Waals surface area contributed by atoms with E-state index in [1.54, 1.807) is 24.4 Å². The zero-order valence-corrected chi connectivity index (χ0v) is 9.72. The molecule has 0 saturated carbocycles. The van der Waals surface area contributed by atoms with Crippen molar-refractivity contribution < 1.29 is 9.53 Å². The van der Waals surface area contributed by atoms with Gasteiger partial charge in [0.2, 0.25) is 0 Å². The first-order chi connectivity index (χ1) is 8.31. The Morgan fingerprint density at radius 3 is 2.82 bits per heavy atom. The number of aldehydes is 1. The van der Waals surface area contributed by atoms with Crippen LogP contribution in [0.15, 0.2) is 42.6 Å². The molecule has 0 saturated heterocycles. The van der Waals surface area contributed by atoms with Crippen LogP contribution < -0.4 is 4.74 Å². The minimum atomic E-state index is 0.308. The van der Waals surface area contributed by atoms with Gasteiger partial charge in [0.05, 0.1) is 16.3 Å². The van der Waals surface area contributed by atoms with Gasteiger partial charge in [0, 0.05) is 6.20 Å². The highest BCUT2D eigenvalue weighted by molar-refractivity contribution is 6.33. The summed E-state index contributed by atoms with van der Waals surface area (Å²) in [5, 5.41) is 0.388. The number of hydrogen-bond donors (Lipinski definition) is 0. The van der Waals surface area contributed by atoms with E-state index in [0.717, 1.165) is 5.69 Å². The lowest BCUT2D eigenvalue weighted by Crippen LogP contribution is -2.00. The average molecular weight is 248 g/mol. The summed E-state index contributed by atoms with van der Waals surface area (Å²) in [6.45, 7) is 0.308. The van der Waals surface area contributed by atoms with Gasteiger partial charge in [0.15, 0.2) is 6.29 Å². The zero-order chi connectivity index (χ0) is 12.1. The fraction of sp³-hybridized carbons (Fsp3) is 0.0769. The van der Waals surface area contributed by atoms with Crippen LogP contribution in [-0.4, -0.2) is 11.3 Å². The minimum Gasteiger partial charge on any atom is -0.486 e. The van der Waals surface area contributed by atoms with Gasteiger partial charge in [-0.05, 0) is 24.3 Å². The maximum absolute atomic E-state index is 10.9. The summed E-state index contributed by atoms with van der Waals surface area (Å²) >= 11 is 5.88. The van der Waals surface area contributed by atoms with E-state index in [4.69, 9.17) is 16.3 Å². The van der Waals surface area contributed by atoms with Crippen LogP contribution in [0.25, 0.3) is 0 Å². The van der Waals surface area contributed by atoms with Gasteiger partial charge in [-0.25, -0.2) is 0 Å². The predicted octanol–water partition coefficient (Wildman–Crippen LogP) is 3.13. The Balaban J connectivity index is 2.14. The smallest absolute Gasteiger partial charge is 0.155 e. The third kappa shape index (κ3) is 2.82. The molecule has 0 amide bonds. The maximum atomic E-state index is 10.9. The summed E-state index contributed by atoms with van der Waals surface area (Å²) in [6, 6.07) is 10.7. The number of nitrogens with zero attached hydrogens (tertiary/aromatic N) is 1. The van der Waals surface area contributed by atoms with Crippen molar-refractivity contribution in [2.45, 2.75) is 6.61 Å². The zero-order valence-electron chi connectivity index (χ0n) is 8.97. The Hall–Kier alpha value is -1.87. The van der Waals surface area contributed by atoms with Crippen molar-refractivity contribution in [3.8, 4) is 5.75 Å². The molecule has 0 aliphatic carbocycles. The standard InChI is InChI=1S/C13H10ClNO2/c14-12-5-3-6-13(11(12)8-16)17-9-10-4-1-2-7-15-10/h1-8H,9H2. The summed E-state index contributed by atoms with van der Waals surface area (Å²) in [5.41, 5.74) is 1.16. The van der Waals surface area contributed by atoms with E-state index in [2.05, 4.69) is 4.98 Å². The lowest BCUT2D eigenvalue weighted by atomic mass is 10.2. The Labute approximate surface area is 104 Å². The Morgan fingerprint density at radius 1 is 1.24 bits per heavy atom. The van der Waals surface area contributed by atoms with Crippen molar-refractivity contribution >= 4 is 17.9 Å². The first kappa shape index (κ1) is 11.6. The quantitative estimate of drug-likeness (QED) is 0.780. The van der Waals surface area contributed by atoms with Crippen molar-refractivity contribution in [2.24, 2.45) is 0 Å². The van der Waals surface area contributed by atoms with E-state index in [1.165, 1.54) is 0 Å². The predicted molar refractivity (Wildman–Crippen MR) is 65.4 cm³/mol. The monoisotopic (exact) mass is 247 g/mol. The normalized spacial score (nSPS) is 9.94. The number of ether oxygens (including phenoxy) is 1. The lowest BCUT2D eigenvalue weighted by Gasteiger charge is -2.08. The van der Waals surface area contributed by atoms with Gasteiger partial charge in [-0.3, -0.25) is 9.78 Å². The summed E-state index contributed by atoms with van der Waals surface area (Å²) in [4.78, 5) is 15.0. The molecular weight excluding hydrogens is 238 g/mol. The average Bonchev–Trinajstić information content (AvgIpc) is 2.37. The number of rotatable bonds is 4. The highest BCUT2D eigenvalue weighted by atomic mass is 35.5. The first-order valence-electron chi connectivity index (χ1n) is 5.07. The molecule has 0 atom stereocenters. The van der Waals surface area contributed by atoms with E-state index < -0.39 is 0 Å². The molecule has 3 nitrogen and oxygen atoms in total. The molecular formula is C13H10ClNO2. The van der Waals surface area contributed by atoms with Gasteiger partial charge in [0.1, 0.15) is 12.4 Å². The van der Waals surface area contributed by atoms with E-state index >= 15 is 0 Å². The highest BCUT2D eigenvalue weighted by Gasteiger charge is 2.07. The molecule has 2 rings (SSSR count). The van der Waals surface area contributed by atoms with Crippen LogP contribution >= 0.6 is 11.6 Å². The highest BCUT2D eigenvalue weighted by Crippen LogP contribution is 2.24. The van der Waals surface area contributed by atoms with Crippen LogP contribution in [0.1, 0.15) is 16.1 Å². The molecule has 0 fully saturated rings. The van der Waals surface area contributed by atoms with Gasteiger partial charge in [0.25, 0.3) is 0 Å². The molecule has 1 heterocycles. The van der Waals surface area contributed by atoms with Crippen LogP contribution in [0.3, 0.4) is 0 Å². The number of hydrogen-bond acceptors (Lipinski definition) is 3. The summed E-state index contributed by atoms with van der Waals surface area (Å²) in [5.74, 6) is 0.471. The van der Waals surface area contributed by atoms with Crippen molar-refractivity contribution in [3.05, 3.63) is 58.9 Å². The molecule has 0 N–H and O–H groups in total. The van der Waals surface area contributed by atoms with E-state index in [9.17, 15) is 4.79 Å². The number of pyridine rings is 1. The van der Waals surface area contributed by atoms with Crippen LogP contribution in [0.4, 0.5) is 0 Å². The molecule has 86 valence electrons. The van der Waals surface area contributed by atoms with Gasteiger partial charge >= 0.3 is 0 Å². The van der Waals surface area contributed by atoms with Gasteiger partial charge in [-0.2, -0.15) is 0 Å². The summed E-state index contributed by atoms with van der Waals surface area (Å²) in [6.07, 6.45) is 2.38. The molecule has 4 heteroatoms. The molecule has 1 aromatic carbocycles. The first-order valence-corrected chi connectivity index (χ1v) is 5.45. The van der Waals surface area contributed by atoms with E-state index in [0.29, 0.717) is 29.2 Å². The number of benzene rings is 1. The number of carbonyl (C=O) groups is 1. The fourth-order valence-corrected chi connectivity index (χ4v) is 1.60. The third-order valence-corrected chi connectivity index (χ3v) is 2.56. The molecule has 0 aliphatic rings. The van der Waals surface area contributed by atoms with Crippen molar-refractivity contribution in [3.63, 3.8) is 0 Å². The van der Waals surface area contributed by atoms with Crippen LogP contribution in [0, 0.1) is 0 Å². The summed E-state index contributed by atoms with van der Waals surface area (Å²) < 4.78 is 5.52. The van der Waals surface area contributed by atoms with Crippen molar-refractivity contribution in [2.75, 3.05) is 0 Å². The van der Waals surface area contributed by atoms with Gasteiger partial charge in [-0.15, -0.1) is 0 Å². The Bertz CT molecular complexity index is 514. The van der Waals surface area contributed by atoms with Crippen LogP contribution in [-0.2, 0) is 6.61 Å². The van der Waals surface area contributed by atoms with Gasteiger partial charge in [-0.1, -0.05) is 23.7 Å². The number of carbonyl (C=O) groups excluding carboxylic acids is 1. The molecule has 0 aliphatic heterocycles. The second-order valence-electron chi connectivity index (χ2n) is 3.38. The second kappa shape index (κ2) is 5.46. The minimum absolute atomic E-state index is 0.308. The molecule has 0 unspecified atom stereocenters. The van der Waals surface area contributed by atoms with Crippen LogP contribution in [0.5, 0.6) is 5.75 Å². The van der Waals surface area contributed by atoms with E-state index in [-0.39, 0.29) is 0 Å². The molecule has 1 aromatic heterocycles. The number of aromatic nitrogens is 1. The van der Waals surface area contributed by atoms with Gasteiger partial charge < -0.3 is 4.74 Å². The topological polar surface area (TPSA) is 39.2 Å². The van der Waals surface area contributed by atoms with Crippen molar-refractivity contribution in [1.82, 2.24) is 4.98 Å². The number of halogens is 1. The largest absolute Gasteiger partial charge is 0.486 e. The molecule has 0 bridgehead atoms. The fourth-order valence-electron chi connectivity index (χ4n) is 1.39. The maximum Gasteiger partial charge on any atom is 0.155 e. The molecule has 0 radical (unpaired) electrons. The van der Waals surface area contributed by atoms with Crippen LogP contribution in [0.2, 0.25) is 5.02 Å². The third-order valence-electron chi connectivity index (χ3n) is 2.23. The molecule has 0 spiro atoms. The summed E-state index contributed by atoms with van der Waals surface area (Å²) in [7, 11) is 0. The van der Waals surface area contributed by atoms with E-state index in [1.807, 2.05) is 18.2 Å². The lowest BCUT2D eigenvalue weighted by molar-refractivity contribution is 0.111. The Morgan fingerprint density at radius 2 is 2.12 bits per heavy atom. The second-order valence-corrected chi connectivity index (χ2v) is 3.79. The van der Waals surface area contributed by atoms with Crippen molar-refractivity contribution in [1.29, 1.82) is 0 Å². The molecule has 17 heavy (non-hydrogen) atoms. The molecule has 2 aromatic rings. The Kier molecular flexibility index (Phi) is 3.73. The SMILES string of the molecule is O=Cc1c(Cl)cccc1OCc1ccccn1.